The van der Waals surface area contributed by atoms with Crippen molar-refractivity contribution in [3.63, 3.8) is 0 Å². The summed E-state index contributed by atoms with van der Waals surface area (Å²) in [4.78, 5) is 17.9. The quantitative estimate of drug-likeness (QED) is 0.594. The number of piperidine rings is 1. The minimum atomic E-state index is -0.325. The van der Waals surface area contributed by atoms with Crippen LogP contribution in [0.3, 0.4) is 0 Å². The Morgan fingerprint density at radius 1 is 1.19 bits per heavy atom. The van der Waals surface area contributed by atoms with E-state index in [0.29, 0.717) is 29.7 Å². The first kappa shape index (κ1) is 16.0. The maximum atomic E-state index is 13.9. The number of amides is 1. The molecule has 0 saturated carbocycles. The van der Waals surface area contributed by atoms with Gasteiger partial charge in [0.2, 0.25) is 0 Å². The Morgan fingerprint density at radius 2 is 2.11 bits per heavy atom. The topological polar surface area (TPSA) is 66.3 Å². The highest BCUT2D eigenvalue weighted by molar-refractivity contribution is 5.98. The van der Waals surface area contributed by atoms with Crippen LogP contribution in [0.5, 0.6) is 0 Å². The first-order valence-corrected chi connectivity index (χ1v) is 9.07. The second kappa shape index (κ2) is 6.19. The second-order valence-electron chi connectivity index (χ2n) is 6.96. The third-order valence-electron chi connectivity index (χ3n) is 5.26. The van der Waals surface area contributed by atoms with Crippen molar-refractivity contribution in [3.8, 4) is 0 Å². The highest BCUT2D eigenvalue weighted by atomic mass is 19.1. The molecule has 1 unspecified atom stereocenters. The van der Waals surface area contributed by atoms with Crippen LogP contribution in [0.2, 0.25) is 0 Å². The molecule has 5 rings (SSSR count). The van der Waals surface area contributed by atoms with E-state index in [4.69, 9.17) is 0 Å². The molecule has 1 amide bonds. The summed E-state index contributed by atoms with van der Waals surface area (Å²) in [6.45, 7) is 1.26. The number of aromatic nitrogens is 4. The Labute approximate surface area is 154 Å². The number of hydrogen-bond donors (Lipinski definition) is 1. The number of carbonyl (C=O) groups excluding carboxylic acids is 1. The molecule has 0 radical (unpaired) electrons. The zero-order chi connectivity index (χ0) is 18.4. The predicted octanol–water partition coefficient (Wildman–Crippen LogP) is 3.37. The number of nitrogens with zero attached hydrogens (tertiary/aromatic N) is 4. The first-order valence-electron chi connectivity index (χ1n) is 9.07. The van der Waals surface area contributed by atoms with Crippen LogP contribution in [0.25, 0.3) is 16.6 Å². The number of nitrogens with one attached hydrogen (secondary N) is 1. The van der Waals surface area contributed by atoms with Crippen molar-refractivity contribution in [2.45, 2.75) is 18.8 Å². The molecule has 1 saturated heterocycles. The Morgan fingerprint density at radius 3 is 3.00 bits per heavy atom. The van der Waals surface area contributed by atoms with Crippen LogP contribution in [-0.2, 0) is 0 Å². The van der Waals surface area contributed by atoms with Crippen LogP contribution in [0.15, 0.2) is 48.7 Å². The minimum Gasteiger partial charge on any atom is -0.350 e. The van der Waals surface area contributed by atoms with Crippen molar-refractivity contribution in [2.75, 3.05) is 13.1 Å². The number of aromatic amines is 1. The van der Waals surface area contributed by atoms with Gasteiger partial charge in [0.25, 0.3) is 5.91 Å². The van der Waals surface area contributed by atoms with E-state index >= 15 is 0 Å². The molecular weight excluding hydrogens is 345 g/mol. The first-order chi connectivity index (χ1) is 13.2. The summed E-state index contributed by atoms with van der Waals surface area (Å²) in [6.07, 6.45) is 3.81. The molecule has 1 aromatic carbocycles. The van der Waals surface area contributed by atoms with Crippen molar-refractivity contribution < 1.29 is 9.18 Å². The van der Waals surface area contributed by atoms with Gasteiger partial charge in [-0.05, 0) is 43.2 Å². The van der Waals surface area contributed by atoms with Crippen LogP contribution >= 0.6 is 0 Å². The van der Waals surface area contributed by atoms with Crippen LogP contribution < -0.4 is 0 Å². The zero-order valence-corrected chi connectivity index (χ0v) is 14.6. The largest absolute Gasteiger partial charge is 0.350 e. The number of fused-ring (bicyclic) bond motifs is 2. The molecule has 7 heteroatoms. The summed E-state index contributed by atoms with van der Waals surface area (Å²) in [5.74, 6) is 0.574. The molecular formula is C20H18FN5O. The number of rotatable bonds is 2. The van der Waals surface area contributed by atoms with E-state index in [1.165, 1.54) is 6.07 Å². The summed E-state index contributed by atoms with van der Waals surface area (Å²) >= 11 is 0. The van der Waals surface area contributed by atoms with Gasteiger partial charge in [0.1, 0.15) is 17.3 Å². The highest BCUT2D eigenvalue weighted by Gasteiger charge is 2.29. The molecule has 1 N–H and O–H groups in total. The van der Waals surface area contributed by atoms with Gasteiger partial charge in [0.05, 0.1) is 0 Å². The molecule has 0 spiro atoms. The molecule has 27 heavy (non-hydrogen) atoms. The molecule has 0 bridgehead atoms. The highest BCUT2D eigenvalue weighted by Crippen LogP contribution is 2.28. The van der Waals surface area contributed by atoms with E-state index in [2.05, 4.69) is 15.2 Å². The lowest BCUT2D eigenvalue weighted by atomic mass is 9.97. The fourth-order valence-electron chi connectivity index (χ4n) is 3.91. The fraction of sp³-hybridized carbons (Fsp3) is 0.250. The number of halogens is 1. The van der Waals surface area contributed by atoms with Gasteiger partial charge < -0.3 is 9.88 Å². The average molecular weight is 363 g/mol. The minimum absolute atomic E-state index is 0.107. The number of benzene rings is 1. The number of H-pyrrole nitrogens is 1. The molecule has 1 aliphatic rings. The third kappa shape index (κ3) is 2.66. The van der Waals surface area contributed by atoms with Gasteiger partial charge in [0.15, 0.2) is 5.65 Å². The van der Waals surface area contributed by atoms with Crippen LogP contribution in [0.4, 0.5) is 4.39 Å². The predicted molar refractivity (Wildman–Crippen MR) is 99.1 cm³/mol. The number of likely N-dealkylation sites (tertiary alicyclic amines) is 1. The summed E-state index contributed by atoms with van der Waals surface area (Å²) < 4.78 is 15.9. The van der Waals surface area contributed by atoms with E-state index in [1.807, 2.05) is 33.7 Å². The fourth-order valence-corrected chi connectivity index (χ4v) is 3.91. The Balaban J connectivity index is 1.43. The molecule has 1 aliphatic heterocycles. The molecule has 0 aliphatic carbocycles. The summed E-state index contributed by atoms with van der Waals surface area (Å²) in [6, 6.07) is 12.2. The van der Waals surface area contributed by atoms with Crippen molar-refractivity contribution in [1.82, 2.24) is 24.5 Å². The Bertz CT molecular complexity index is 1150. The Kier molecular flexibility index (Phi) is 3.67. The Hall–Kier alpha value is -3.22. The van der Waals surface area contributed by atoms with Crippen molar-refractivity contribution in [3.05, 3.63) is 66.0 Å². The second-order valence-corrected chi connectivity index (χ2v) is 6.96. The number of carbonyl (C=O) groups is 1. The summed E-state index contributed by atoms with van der Waals surface area (Å²) in [7, 11) is 0. The van der Waals surface area contributed by atoms with Gasteiger partial charge in [-0.2, -0.15) is 0 Å². The van der Waals surface area contributed by atoms with Gasteiger partial charge in [-0.15, -0.1) is 10.2 Å². The SMILES string of the molecule is O=C(c1cc2c(F)cccc2[nH]1)N1CCCC(c2nnc3ccccn23)C1. The third-order valence-corrected chi connectivity index (χ3v) is 5.26. The molecule has 1 fully saturated rings. The van der Waals surface area contributed by atoms with E-state index in [-0.39, 0.29) is 17.6 Å². The van der Waals surface area contributed by atoms with Gasteiger partial charge in [0, 0.05) is 36.1 Å². The lowest BCUT2D eigenvalue weighted by Crippen LogP contribution is -2.39. The summed E-state index contributed by atoms with van der Waals surface area (Å²) in [5.41, 5.74) is 1.86. The van der Waals surface area contributed by atoms with Gasteiger partial charge in [-0.1, -0.05) is 12.1 Å². The monoisotopic (exact) mass is 363 g/mol. The van der Waals surface area contributed by atoms with Gasteiger partial charge >= 0.3 is 0 Å². The van der Waals surface area contributed by atoms with Crippen LogP contribution in [0.1, 0.15) is 35.1 Å². The van der Waals surface area contributed by atoms with E-state index in [1.54, 1.807) is 18.2 Å². The molecule has 1 atom stereocenters. The van der Waals surface area contributed by atoms with E-state index < -0.39 is 0 Å². The van der Waals surface area contributed by atoms with Crippen molar-refractivity contribution in [2.24, 2.45) is 0 Å². The van der Waals surface area contributed by atoms with Gasteiger partial charge in [-0.25, -0.2) is 4.39 Å². The van der Waals surface area contributed by atoms with Crippen molar-refractivity contribution >= 4 is 22.5 Å². The van der Waals surface area contributed by atoms with Crippen LogP contribution in [-0.4, -0.2) is 43.5 Å². The number of hydrogen-bond acceptors (Lipinski definition) is 3. The van der Waals surface area contributed by atoms with Crippen LogP contribution in [0, 0.1) is 5.82 Å². The molecule has 4 aromatic rings. The zero-order valence-electron chi connectivity index (χ0n) is 14.6. The normalized spacial score (nSPS) is 17.7. The van der Waals surface area contributed by atoms with E-state index in [9.17, 15) is 9.18 Å². The van der Waals surface area contributed by atoms with Crippen molar-refractivity contribution in [1.29, 1.82) is 0 Å². The smallest absolute Gasteiger partial charge is 0.270 e. The van der Waals surface area contributed by atoms with E-state index in [0.717, 1.165) is 24.3 Å². The molecule has 6 nitrogen and oxygen atoms in total. The molecule has 4 heterocycles. The lowest BCUT2D eigenvalue weighted by Gasteiger charge is -2.31. The standard InChI is InChI=1S/C20H18FN5O/c21-15-6-3-7-16-14(15)11-17(22-16)20(27)25-9-4-5-13(12-25)19-24-23-18-8-1-2-10-26(18)19/h1-3,6-8,10-11,13,22H,4-5,9,12H2. The van der Waals surface area contributed by atoms with Gasteiger partial charge in [-0.3, -0.25) is 9.20 Å². The average Bonchev–Trinajstić information content (AvgIpc) is 3.33. The maximum Gasteiger partial charge on any atom is 0.270 e. The maximum absolute atomic E-state index is 13.9. The summed E-state index contributed by atoms with van der Waals surface area (Å²) in [5, 5.41) is 9.01. The number of pyridine rings is 1. The molecule has 3 aromatic heterocycles. The molecule has 136 valence electrons. The lowest BCUT2D eigenvalue weighted by molar-refractivity contribution is 0.0699.